The van der Waals surface area contributed by atoms with Crippen LogP contribution in [0.5, 0.6) is 0 Å². The third-order valence-electron chi connectivity index (χ3n) is 6.37. The summed E-state index contributed by atoms with van der Waals surface area (Å²) < 4.78 is 25.9. The maximum absolute atomic E-state index is 11.6. The number of hydrogen-bond donors (Lipinski definition) is 1. The number of likely N-dealkylation sites (tertiary alicyclic amines) is 1. The number of allylic oxidation sites excluding steroid dienone is 9. The first-order chi connectivity index (χ1) is 13.3. The minimum absolute atomic E-state index is 0.157. The molecule has 1 saturated carbocycles. The van der Waals surface area contributed by atoms with Gasteiger partial charge in [0.1, 0.15) is 0 Å². The Balaban J connectivity index is 1.57. The quantitative estimate of drug-likeness (QED) is 0.596. The van der Waals surface area contributed by atoms with Crippen molar-refractivity contribution in [1.82, 2.24) is 9.62 Å². The van der Waals surface area contributed by atoms with Crippen molar-refractivity contribution in [2.24, 2.45) is 17.3 Å². The molecule has 4 nitrogen and oxygen atoms in total. The van der Waals surface area contributed by atoms with Crippen LogP contribution in [0.15, 0.2) is 72.5 Å². The molecular weight excluding hydrogens is 368 g/mol. The zero-order valence-corrected chi connectivity index (χ0v) is 17.8. The Morgan fingerprint density at radius 2 is 2.07 bits per heavy atom. The number of hydrogen-bond acceptors (Lipinski definition) is 3. The highest BCUT2D eigenvalue weighted by atomic mass is 32.2. The van der Waals surface area contributed by atoms with E-state index in [-0.39, 0.29) is 5.41 Å². The molecule has 0 spiro atoms. The highest BCUT2D eigenvalue weighted by molar-refractivity contribution is 7.88. The highest BCUT2D eigenvalue weighted by Crippen LogP contribution is 2.66. The largest absolute Gasteiger partial charge is 0.303 e. The van der Waals surface area contributed by atoms with Gasteiger partial charge in [0.05, 0.1) is 6.26 Å². The van der Waals surface area contributed by atoms with Crippen molar-refractivity contribution in [2.75, 3.05) is 25.9 Å². The van der Waals surface area contributed by atoms with Gasteiger partial charge >= 0.3 is 0 Å². The Kier molecular flexibility index (Phi) is 6.15. The van der Waals surface area contributed by atoms with E-state index in [0.717, 1.165) is 38.9 Å². The van der Waals surface area contributed by atoms with E-state index in [4.69, 9.17) is 0 Å². The van der Waals surface area contributed by atoms with Crippen LogP contribution in [0.1, 0.15) is 26.2 Å². The topological polar surface area (TPSA) is 49.4 Å². The van der Waals surface area contributed by atoms with Crippen LogP contribution in [-0.4, -0.2) is 39.2 Å². The second kappa shape index (κ2) is 8.26. The summed E-state index contributed by atoms with van der Waals surface area (Å²) in [4.78, 5) is 2.57. The summed E-state index contributed by atoms with van der Waals surface area (Å²) in [5, 5.41) is 0. The molecule has 2 atom stereocenters. The molecule has 5 heteroatoms. The lowest BCUT2D eigenvalue weighted by Gasteiger charge is -2.25. The standard InChI is InChI=1S/C23H32N2O2S/c1-5-10-18(6-2)11-9-14-25-16-21-22(17-25)23(21,3)19-12-7-8-13-20(15-19)24-28(4,26)27/h5-7,10,12-13,15,21-22,24H,1-2,8-9,11,14,16-17H2,3-4H3/b18-10+. The van der Waals surface area contributed by atoms with Gasteiger partial charge < -0.3 is 4.90 Å². The summed E-state index contributed by atoms with van der Waals surface area (Å²) in [7, 11) is -3.26. The molecule has 1 aliphatic heterocycles. The van der Waals surface area contributed by atoms with Gasteiger partial charge in [0, 0.05) is 24.2 Å². The molecule has 0 bridgehead atoms. The molecule has 2 fully saturated rings. The molecule has 1 saturated heterocycles. The lowest BCUT2D eigenvalue weighted by Crippen LogP contribution is -2.29. The van der Waals surface area contributed by atoms with E-state index in [2.05, 4.69) is 41.9 Å². The van der Waals surface area contributed by atoms with Gasteiger partial charge in [-0.05, 0) is 54.9 Å². The van der Waals surface area contributed by atoms with Crippen LogP contribution in [-0.2, 0) is 10.0 Å². The van der Waals surface area contributed by atoms with E-state index in [1.165, 1.54) is 17.4 Å². The maximum atomic E-state index is 11.6. The summed E-state index contributed by atoms with van der Waals surface area (Å²) in [6.45, 7) is 13.3. The second-order valence-corrected chi connectivity index (χ2v) is 10.1. The van der Waals surface area contributed by atoms with Crippen molar-refractivity contribution < 1.29 is 8.42 Å². The Morgan fingerprint density at radius 1 is 1.36 bits per heavy atom. The van der Waals surface area contributed by atoms with Crippen molar-refractivity contribution in [1.29, 1.82) is 0 Å². The zero-order chi connectivity index (χ0) is 20.4. The van der Waals surface area contributed by atoms with Gasteiger partial charge in [-0.3, -0.25) is 4.72 Å². The molecule has 2 unspecified atom stereocenters. The SMILES string of the molecule is C=C/C=C(\C=C)CCCN1CC2C(C1)C2(C)C1=CC(NS(C)(=O)=O)=CCC=C1. The predicted molar refractivity (Wildman–Crippen MR) is 117 cm³/mol. The van der Waals surface area contributed by atoms with Gasteiger partial charge in [-0.15, -0.1) is 0 Å². The number of rotatable bonds is 9. The summed E-state index contributed by atoms with van der Waals surface area (Å²) in [6.07, 6.45) is 18.2. The third kappa shape index (κ3) is 4.58. The van der Waals surface area contributed by atoms with E-state index in [0.29, 0.717) is 17.5 Å². The molecular formula is C23H32N2O2S. The normalized spacial score (nSPS) is 30.1. The molecule has 3 aliphatic rings. The fraction of sp³-hybridized carbons (Fsp3) is 0.478. The van der Waals surface area contributed by atoms with Crippen LogP contribution >= 0.6 is 0 Å². The predicted octanol–water partition coefficient (Wildman–Crippen LogP) is 3.95. The fourth-order valence-electron chi connectivity index (χ4n) is 4.77. The number of fused-ring (bicyclic) bond motifs is 1. The lowest BCUT2D eigenvalue weighted by molar-refractivity contribution is 0.264. The van der Waals surface area contributed by atoms with Gasteiger partial charge in [-0.25, -0.2) is 8.42 Å². The van der Waals surface area contributed by atoms with Crippen LogP contribution in [0.2, 0.25) is 0 Å². The van der Waals surface area contributed by atoms with Gasteiger partial charge in [-0.1, -0.05) is 56.5 Å². The van der Waals surface area contributed by atoms with Crippen LogP contribution < -0.4 is 4.72 Å². The van der Waals surface area contributed by atoms with Crippen LogP contribution in [0.25, 0.3) is 0 Å². The molecule has 0 aromatic heterocycles. The molecule has 3 rings (SSSR count). The summed E-state index contributed by atoms with van der Waals surface area (Å²) in [5.74, 6) is 1.31. The first-order valence-electron chi connectivity index (χ1n) is 10.0. The summed E-state index contributed by atoms with van der Waals surface area (Å²) in [5.41, 5.74) is 3.35. The summed E-state index contributed by atoms with van der Waals surface area (Å²) in [6, 6.07) is 0. The minimum Gasteiger partial charge on any atom is -0.303 e. The van der Waals surface area contributed by atoms with Gasteiger partial charge in [0.2, 0.25) is 10.0 Å². The minimum atomic E-state index is -3.26. The van der Waals surface area contributed by atoms with E-state index in [1.54, 1.807) is 0 Å². The van der Waals surface area contributed by atoms with Crippen molar-refractivity contribution >= 4 is 10.0 Å². The molecule has 2 aliphatic carbocycles. The van der Waals surface area contributed by atoms with E-state index in [9.17, 15) is 8.42 Å². The molecule has 0 aromatic rings. The molecule has 0 amide bonds. The molecule has 1 heterocycles. The van der Waals surface area contributed by atoms with E-state index < -0.39 is 10.0 Å². The van der Waals surface area contributed by atoms with Crippen LogP contribution in [0, 0.1) is 17.3 Å². The Hall–Kier alpha value is -1.85. The van der Waals surface area contributed by atoms with Crippen molar-refractivity contribution in [2.45, 2.75) is 26.2 Å². The Labute approximate surface area is 170 Å². The van der Waals surface area contributed by atoms with E-state index in [1.807, 2.05) is 30.4 Å². The first-order valence-corrected chi connectivity index (χ1v) is 11.9. The lowest BCUT2D eigenvalue weighted by atomic mass is 9.91. The summed E-state index contributed by atoms with van der Waals surface area (Å²) >= 11 is 0. The van der Waals surface area contributed by atoms with Gasteiger partial charge in [0.25, 0.3) is 0 Å². The maximum Gasteiger partial charge on any atom is 0.229 e. The molecule has 1 N–H and O–H groups in total. The monoisotopic (exact) mass is 400 g/mol. The smallest absolute Gasteiger partial charge is 0.229 e. The second-order valence-electron chi connectivity index (χ2n) is 8.31. The Bertz CT molecular complexity index is 849. The van der Waals surface area contributed by atoms with Crippen LogP contribution in [0.3, 0.4) is 0 Å². The van der Waals surface area contributed by atoms with Gasteiger partial charge in [0.15, 0.2) is 0 Å². The molecule has 0 radical (unpaired) electrons. The van der Waals surface area contributed by atoms with Crippen molar-refractivity contribution in [3.63, 3.8) is 0 Å². The molecule has 28 heavy (non-hydrogen) atoms. The van der Waals surface area contributed by atoms with E-state index >= 15 is 0 Å². The van der Waals surface area contributed by atoms with Crippen molar-refractivity contribution in [3.8, 4) is 0 Å². The number of nitrogens with zero attached hydrogens (tertiary/aromatic N) is 1. The van der Waals surface area contributed by atoms with Crippen molar-refractivity contribution in [3.05, 3.63) is 72.5 Å². The Morgan fingerprint density at radius 3 is 2.68 bits per heavy atom. The average molecular weight is 401 g/mol. The zero-order valence-electron chi connectivity index (χ0n) is 17.0. The highest BCUT2D eigenvalue weighted by Gasteiger charge is 2.65. The molecule has 152 valence electrons. The number of nitrogens with one attached hydrogen (secondary N) is 1. The number of piperidine rings is 1. The third-order valence-corrected chi connectivity index (χ3v) is 6.97. The van der Waals surface area contributed by atoms with Crippen LogP contribution in [0.4, 0.5) is 0 Å². The molecule has 0 aromatic carbocycles. The average Bonchev–Trinajstić information content (AvgIpc) is 3.02. The number of sulfonamides is 1. The van der Waals surface area contributed by atoms with Gasteiger partial charge in [-0.2, -0.15) is 0 Å². The first kappa shape index (κ1) is 20.9. The fourth-order valence-corrected chi connectivity index (χ4v) is 5.34.